The van der Waals surface area contributed by atoms with Gasteiger partial charge in [-0.1, -0.05) is 23.7 Å². The molecule has 4 rings (SSSR count). The first-order chi connectivity index (χ1) is 11.5. The average Bonchev–Trinajstić information content (AvgIpc) is 3.13. The second-order valence-corrected chi connectivity index (χ2v) is 5.98. The molecule has 1 N–H and O–H groups in total. The van der Waals surface area contributed by atoms with E-state index in [1.165, 1.54) is 0 Å². The summed E-state index contributed by atoms with van der Waals surface area (Å²) in [6.45, 7) is 2.45. The smallest absolute Gasteiger partial charge is 0.357 e. The fraction of sp³-hybridized carbons (Fsp3) is 0.176. The number of aryl methyl sites for hydroxylation is 1. The number of ether oxygens (including phenoxy) is 2. The lowest BCUT2D eigenvalue weighted by Crippen LogP contribution is -2.06. The summed E-state index contributed by atoms with van der Waals surface area (Å²) in [5, 5.41) is 14.8. The van der Waals surface area contributed by atoms with Gasteiger partial charge >= 0.3 is 5.97 Å². The summed E-state index contributed by atoms with van der Waals surface area (Å²) in [6.07, 6.45) is 0. The molecule has 0 spiro atoms. The minimum atomic E-state index is -1.09. The minimum absolute atomic E-state index is 0.0204. The van der Waals surface area contributed by atoms with Gasteiger partial charge in [-0.15, -0.1) is 0 Å². The third-order valence-electron chi connectivity index (χ3n) is 4.11. The van der Waals surface area contributed by atoms with Gasteiger partial charge in [-0.2, -0.15) is 5.10 Å². The van der Waals surface area contributed by atoms with Gasteiger partial charge in [0, 0.05) is 16.5 Å². The van der Waals surface area contributed by atoms with Crippen LogP contribution in [0.5, 0.6) is 11.5 Å². The van der Waals surface area contributed by atoms with Gasteiger partial charge in [0.15, 0.2) is 17.2 Å². The average molecular weight is 345 g/mol. The molecule has 6 nitrogen and oxygen atoms in total. The molecule has 0 saturated carbocycles. The van der Waals surface area contributed by atoms with Crippen molar-refractivity contribution in [2.45, 2.75) is 13.5 Å². The molecular formula is C17H13ClN2O4. The number of aromatic nitrogens is 2. The van der Waals surface area contributed by atoms with E-state index in [1.54, 1.807) is 16.8 Å². The van der Waals surface area contributed by atoms with E-state index in [0.29, 0.717) is 34.0 Å². The lowest BCUT2D eigenvalue weighted by atomic mass is 10.1. The van der Waals surface area contributed by atoms with Gasteiger partial charge in [-0.05, 0) is 30.2 Å². The zero-order valence-corrected chi connectivity index (χ0v) is 13.5. The van der Waals surface area contributed by atoms with Crippen molar-refractivity contribution < 1.29 is 19.4 Å². The van der Waals surface area contributed by atoms with Crippen LogP contribution in [0.1, 0.15) is 21.6 Å². The summed E-state index contributed by atoms with van der Waals surface area (Å²) in [4.78, 5) is 11.5. The van der Waals surface area contributed by atoms with Crippen molar-refractivity contribution in [2.24, 2.45) is 0 Å². The van der Waals surface area contributed by atoms with Gasteiger partial charge in [0.25, 0.3) is 0 Å². The maximum Gasteiger partial charge on any atom is 0.357 e. The Labute approximate surface area is 142 Å². The highest BCUT2D eigenvalue weighted by atomic mass is 35.5. The first kappa shape index (κ1) is 14.8. The molecule has 2 heterocycles. The Morgan fingerprint density at radius 1 is 1.33 bits per heavy atom. The molecule has 3 aromatic rings. The number of rotatable bonds is 3. The lowest BCUT2D eigenvalue weighted by molar-refractivity contribution is 0.0691. The number of hydrogen-bond donors (Lipinski definition) is 1. The Morgan fingerprint density at radius 3 is 2.79 bits per heavy atom. The van der Waals surface area contributed by atoms with Crippen LogP contribution in [0.25, 0.3) is 10.9 Å². The van der Waals surface area contributed by atoms with Crippen LogP contribution in [0.3, 0.4) is 0 Å². The summed E-state index contributed by atoms with van der Waals surface area (Å²) in [7, 11) is 0. The van der Waals surface area contributed by atoms with Crippen molar-refractivity contribution >= 4 is 28.5 Å². The highest BCUT2D eigenvalue weighted by molar-refractivity contribution is 6.31. The first-order valence-corrected chi connectivity index (χ1v) is 7.70. The number of halogens is 1. The molecule has 1 aliphatic rings. The van der Waals surface area contributed by atoms with Crippen LogP contribution in [0.2, 0.25) is 5.02 Å². The molecule has 1 aliphatic heterocycles. The van der Waals surface area contributed by atoms with Crippen molar-refractivity contribution in [1.29, 1.82) is 0 Å². The van der Waals surface area contributed by atoms with Crippen LogP contribution >= 0.6 is 11.6 Å². The molecule has 0 bridgehead atoms. The van der Waals surface area contributed by atoms with E-state index in [-0.39, 0.29) is 12.5 Å². The summed E-state index contributed by atoms with van der Waals surface area (Å²) in [6, 6.07) is 9.05. The van der Waals surface area contributed by atoms with E-state index in [2.05, 4.69) is 5.10 Å². The zero-order chi connectivity index (χ0) is 16.8. The molecule has 0 amide bonds. The number of aromatic carboxylic acids is 1. The zero-order valence-electron chi connectivity index (χ0n) is 12.7. The summed E-state index contributed by atoms with van der Waals surface area (Å²) < 4.78 is 12.4. The molecule has 2 aromatic carbocycles. The number of nitrogens with zero attached hydrogens (tertiary/aromatic N) is 2. The fourth-order valence-electron chi connectivity index (χ4n) is 2.86. The van der Waals surface area contributed by atoms with Crippen LogP contribution < -0.4 is 9.47 Å². The Balaban J connectivity index is 1.90. The summed E-state index contributed by atoms with van der Waals surface area (Å²) >= 11 is 6.29. The maximum absolute atomic E-state index is 11.5. The van der Waals surface area contributed by atoms with Crippen molar-refractivity contribution in [1.82, 2.24) is 9.78 Å². The molecule has 0 fully saturated rings. The highest BCUT2D eigenvalue weighted by Crippen LogP contribution is 2.37. The fourth-order valence-corrected chi connectivity index (χ4v) is 3.14. The first-order valence-electron chi connectivity index (χ1n) is 7.32. The van der Waals surface area contributed by atoms with Crippen LogP contribution in [-0.2, 0) is 6.54 Å². The third-order valence-corrected chi connectivity index (χ3v) is 4.46. The quantitative estimate of drug-likeness (QED) is 0.787. The topological polar surface area (TPSA) is 73.6 Å². The number of hydrogen-bond acceptors (Lipinski definition) is 4. The van der Waals surface area contributed by atoms with Gasteiger partial charge in [-0.25, -0.2) is 4.79 Å². The number of benzene rings is 2. The van der Waals surface area contributed by atoms with Crippen molar-refractivity contribution in [3.8, 4) is 11.5 Å². The Bertz CT molecular complexity index is 960. The van der Waals surface area contributed by atoms with Gasteiger partial charge in [0.2, 0.25) is 6.79 Å². The predicted molar refractivity (Wildman–Crippen MR) is 88.1 cm³/mol. The van der Waals surface area contributed by atoms with Crippen molar-refractivity contribution in [3.63, 3.8) is 0 Å². The second-order valence-electron chi connectivity index (χ2n) is 5.57. The van der Waals surface area contributed by atoms with Crippen LogP contribution in [0.15, 0.2) is 30.3 Å². The third kappa shape index (κ3) is 2.27. The second kappa shape index (κ2) is 5.42. The number of carboxylic acid groups (broad SMARTS) is 1. The van der Waals surface area contributed by atoms with Crippen molar-refractivity contribution in [3.05, 3.63) is 52.2 Å². The molecule has 0 radical (unpaired) electrons. The number of carboxylic acids is 1. The van der Waals surface area contributed by atoms with E-state index in [1.807, 2.05) is 25.1 Å². The maximum atomic E-state index is 11.5. The Morgan fingerprint density at radius 2 is 2.08 bits per heavy atom. The summed E-state index contributed by atoms with van der Waals surface area (Å²) in [5.41, 5.74) is 2.56. The van der Waals surface area contributed by atoms with E-state index in [0.717, 1.165) is 11.1 Å². The Hall–Kier alpha value is -2.73. The van der Waals surface area contributed by atoms with E-state index in [9.17, 15) is 9.90 Å². The molecule has 0 aliphatic carbocycles. The number of fused-ring (bicyclic) bond motifs is 2. The monoisotopic (exact) mass is 344 g/mol. The molecular weight excluding hydrogens is 332 g/mol. The summed E-state index contributed by atoms with van der Waals surface area (Å²) in [5.74, 6) is 0.0171. The SMILES string of the molecule is Cc1cccc(Cl)c1Cn1nc(C(=O)O)c2cc3c(cc21)OCO3. The van der Waals surface area contributed by atoms with Gasteiger partial charge < -0.3 is 14.6 Å². The largest absolute Gasteiger partial charge is 0.476 e. The molecule has 7 heteroatoms. The van der Waals surface area contributed by atoms with Crippen LogP contribution in [0, 0.1) is 6.92 Å². The predicted octanol–water partition coefficient (Wildman–Crippen LogP) is 3.47. The molecule has 0 atom stereocenters. The lowest BCUT2D eigenvalue weighted by Gasteiger charge is -2.09. The van der Waals surface area contributed by atoms with Gasteiger partial charge in [-0.3, -0.25) is 4.68 Å². The molecule has 0 unspecified atom stereocenters. The minimum Gasteiger partial charge on any atom is -0.476 e. The molecule has 24 heavy (non-hydrogen) atoms. The van der Waals surface area contributed by atoms with Crippen LogP contribution in [-0.4, -0.2) is 27.6 Å². The van der Waals surface area contributed by atoms with Gasteiger partial charge in [0.05, 0.1) is 12.1 Å². The van der Waals surface area contributed by atoms with E-state index < -0.39 is 5.97 Å². The molecule has 0 saturated heterocycles. The van der Waals surface area contributed by atoms with E-state index >= 15 is 0 Å². The standard InChI is InChI=1S/C17H13ClN2O4/c1-9-3-2-4-12(18)11(9)7-20-13-6-15-14(23-8-24-15)5-10(13)16(19-20)17(21)22/h2-6H,7-8H2,1H3,(H,21,22). The van der Waals surface area contributed by atoms with Crippen molar-refractivity contribution in [2.75, 3.05) is 6.79 Å². The normalized spacial score (nSPS) is 12.8. The van der Waals surface area contributed by atoms with Crippen LogP contribution in [0.4, 0.5) is 0 Å². The molecule has 122 valence electrons. The van der Waals surface area contributed by atoms with E-state index in [4.69, 9.17) is 21.1 Å². The highest BCUT2D eigenvalue weighted by Gasteiger charge is 2.23. The van der Waals surface area contributed by atoms with Gasteiger partial charge in [0.1, 0.15) is 0 Å². The molecule has 1 aromatic heterocycles. The Kier molecular flexibility index (Phi) is 3.35. The number of carbonyl (C=O) groups is 1.